The predicted molar refractivity (Wildman–Crippen MR) is 93.7 cm³/mol. The Kier molecular flexibility index (Phi) is 8.25. The van der Waals surface area contributed by atoms with Gasteiger partial charge in [0, 0.05) is 38.6 Å². The van der Waals surface area contributed by atoms with E-state index in [4.69, 9.17) is 21.5 Å². The van der Waals surface area contributed by atoms with Crippen molar-refractivity contribution in [3.8, 4) is 0 Å². The molecular formula is C13H29BN4O6S. The van der Waals surface area contributed by atoms with E-state index in [1.54, 1.807) is 0 Å². The van der Waals surface area contributed by atoms with Crippen molar-refractivity contribution in [3.63, 3.8) is 0 Å². The standard InChI is InChI=1S/C13H29BN4O6S/c1-2-7-17(8-6-15)25(23,24)18-9-11(4-3-5-14(21)22)13(16,10-18)12(19)20/h11,21-22H,2-10,15-16H2,1H3,(H,19,20)/t11-,13-/m0/s1. The van der Waals surface area contributed by atoms with Crippen LogP contribution in [0.15, 0.2) is 0 Å². The van der Waals surface area contributed by atoms with Gasteiger partial charge in [0.2, 0.25) is 0 Å². The SMILES string of the molecule is CCCN(CCN)S(=O)(=O)N1C[C@H](CCCB(O)O)[C@](N)(C(=O)O)C1. The molecule has 0 bridgehead atoms. The summed E-state index contributed by atoms with van der Waals surface area (Å²) in [7, 11) is -5.34. The van der Waals surface area contributed by atoms with Gasteiger partial charge in [-0.05, 0) is 19.2 Å². The molecule has 0 aromatic rings. The molecule has 10 nitrogen and oxygen atoms in total. The molecule has 0 saturated carbocycles. The highest BCUT2D eigenvalue weighted by Crippen LogP contribution is 2.33. The Labute approximate surface area is 149 Å². The molecule has 0 aliphatic carbocycles. The van der Waals surface area contributed by atoms with Gasteiger partial charge in [0.05, 0.1) is 0 Å². The van der Waals surface area contributed by atoms with Crippen molar-refractivity contribution < 1.29 is 28.4 Å². The molecule has 0 aromatic carbocycles. The average molecular weight is 380 g/mol. The fourth-order valence-corrected chi connectivity index (χ4v) is 4.93. The second kappa shape index (κ2) is 9.26. The minimum Gasteiger partial charge on any atom is -0.480 e. The molecule has 146 valence electrons. The molecule has 12 heteroatoms. The molecule has 0 spiro atoms. The van der Waals surface area contributed by atoms with E-state index >= 15 is 0 Å². The lowest BCUT2D eigenvalue weighted by Gasteiger charge is -2.27. The van der Waals surface area contributed by atoms with Gasteiger partial charge in [0.1, 0.15) is 5.54 Å². The summed E-state index contributed by atoms with van der Waals surface area (Å²) in [6, 6.07) is 0. The number of hydrogen-bond donors (Lipinski definition) is 5. The third kappa shape index (κ3) is 5.36. The van der Waals surface area contributed by atoms with Crippen LogP contribution < -0.4 is 11.5 Å². The van der Waals surface area contributed by atoms with E-state index in [1.165, 1.54) is 4.31 Å². The van der Waals surface area contributed by atoms with Crippen LogP contribution in [0.5, 0.6) is 0 Å². The van der Waals surface area contributed by atoms with Crippen molar-refractivity contribution in [1.82, 2.24) is 8.61 Å². The van der Waals surface area contributed by atoms with E-state index < -0.39 is 34.8 Å². The van der Waals surface area contributed by atoms with Gasteiger partial charge in [-0.2, -0.15) is 17.0 Å². The quantitative estimate of drug-likeness (QED) is 0.253. The van der Waals surface area contributed by atoms with E-state index in [2.05, 4.69) is 0 Å². The number of aliphatic carboxylic acids is 1. The van der Waals surface area contributed by atoms with Crippen LogP contribution in [0, 0.1) is 5.92 Å². The molecule has 2 atom stereocenters. The molecule has 25 heavy (non-hydrogen) atoms. The number of rotatable bonds is 11. The number of hydrogen-bond acceptors (Lipinski definition) is 7. The molecule has 1 fully saturated rings. The lowest BCUT2D eigenvalue weighted by molar-refractivity contribution is -0.144. The van der Waals surface area contributed by atoms with Crippen LogP contribution in [0.1, 0.15) is 26.2 Å². The van der Waals surface area contributed by atoms with Crippen LogP contribution in [0.25, 0.3) is 0 Å². The highest BCUT2D eigenvalue weighted by molar-refractivity contribution is 7.86. The molecule has 0 amide bonds. The third-order valence-corrected chi connectivity index (χ3v) is 6.46. The molecule has 0 aromatic heterocycles. The second-order valence-electron chi connectivity index (χ2n) is 6.44. The third-order valence-electron chi connectivity index (χ3n) is 4.51. The first-order valence-corrected chi connectivity index (χ1v) is 9.83. The number of carboxylic acid groups (broad SMARTS) is 1. The first-order chi connectivity index (χ1) is 11.6. The zero-order chi connectivity index (χ0) is 19.3. The maximum atomic E-state index is 12.8. The maximum Gasteiger partial charge on any atom is 0.451 e. The van der Waals surface area contributed by atoms with Gasteiger partial charge in [0.25, 0.3) is 10.2 Å². The predicted octanol–water partition coefficient (Wildman–Crippen LogP) is -2.13. The van der Waals surface area contributed by atoms with Crippen LogP contribution in [0.4, 0.5) is 0 Å². The van der Waals surface area contributed by atoms with Gasteiger partial charge >= 0.3 is 13.1 Å². The summed E-state index contributed by atoms with van der Waals surface area (Å²) in [6.45, 7) is 2.12. The summed E-state index contributed by atoms with van der Waals surface area (Å²) >= 11 is 0. The molecule has 1 aliphatic heterocycles. The smallest absolute Gasteiger partial charge is 0.451 e. The van der Waals surface area contributed by atoms with Gasteiger partial charge in [-0.15, -0.1) is 0 Å². The molecule has 1 aliphatic rings. The topological polar surface area (TPSA) is 170 Å². The minimum absolute atomic E-state index is 0.0164. The zero-order valence-corrected chi connectivity index (χ0v) is 15.4. The second-order valence-corrected chi connectivity index (χ2v) is 8.37. The summed E-state index contributed by atoms with van der Waals surface area (Å²) in [6.07, 6.45) is 1.31. The largest absolute Gasteiger partial charge is 0.480 e. The van der Waals surface area contributed by atoms with Gasteiger partial charge in [-0.1, -0.05) is 13.3 Å². The van der Waals surface area contributed by atoms with Crippen molar-refractivity contribution in [2.75, 3.05) is 32.7 Å². The first-order valence-electron chi connectivity index (χ1n) is 8.43. The van der Waals surface area contributed by atoms with Gasteiger partial charge in [-0.3, -0.25) is 4.79 Å². The summed E-state index contributed by atoms with van der Waals surface area (Å²) in [4.78, 5) is 11.6. The van der Waals surface area contributed by atoms with Crippen LogP contribution in [0.3, 0.4) is 0 Å². The number of carbonyl (C=O) groups is 1. The lowest BCUT2D eigenvalue weighted by atomic mass is 9.78. The van der Waals surface area contributed by atoms with E-state index in [0.717, 1.165) is 4.31 Å². The van der Waals surface area contributed by atoms with Crippen LogP contribution in [0.2, 0.25) is 6.32 Å². The Morgan fingerprint density at radius 3 is 2.52 bits per heavy atom. The maximum absolute atomic E-state index is 12.8. The summed E-state index contributed by atoms with van der Waals surface area (Å²) in [5.41, 5.74) is 9.81. The molecule has 1 rings (SSSR count). The van der Waals surface area contributed by atoms with Crippen LogP contribution >= 0.6 is 0 Å². The van der Waals surface area contributed by atoms with E-state index in [1.807, 2.05) is 6.92 Å². The van der Waals surface area contributed by atoms with Crippen molar-refractivity contribution in [2.45, 2.75) is 38.0 Å². The normalized spacial score (nSPS) is 24.8. The van der Waals surface area contributed by atoms with Gasteiger partial charge in [0.15, 0.2) is 0 Å². The number of nitrogens with zero attached hydrogens (tertiary/aromatic N) is 2. The summed E-state index contributed by atoms with van der Waals surface area (Å²) < 4.78 is 28.0. The summed E-state index contributed by atoms with van der Waals surface area (Å²) in [5.74, 6) is -1.87. The highest BCUT2D eigenvalue weighted by Gasteiger charge is 2.53. The summed E-state index contributed by atoms with van der Waals surface area (Å²) in [5, 5.41) is 27.3. The van der Waals surface area contributed by atoms with Gasteiger partial charge in [-0.25, -0.2) is 0 Å². The Morgan fingerprint density at radius 1 is 1.40 bits per heavy atom. The number of nitrogens with two attached hydrogens (primary N) is 2. The van der Waals surface area contributed by atoms with Crippen molar-refractivity contribution in [3.05, 3.63) is 0 Å². The molecule has 0 radical (unpaired) electrons. The zero-order valence-electron chi connectivity index (χ0n) is 14.5. The van der Waals surface area contributed by atoms with Crippen LogP contribution in [-0.4, -0.2) is 83.5 Å². The monoisotopic (exact) mass is 380 g/mol. The van der Waals surface area contributed by atoms with E-state index in [-0.39, 0.29) is 38.9 Å². The van der Waals surface area contributed by atoms with Crippen molar-refractivity contribution >= 4 is 23.3 Å². The molecule has 1 saturated heterocycles. The van der Waals surface area contributed by atoms with E-state index in [0.29, 0.717) is 19.4 Å². The Bertz CT molecular complexity index is 543. The first kappa shape index (κ1) is 22.3. The fraction of sp³-hybridized carbons (Fsp3) is 0.923. The Balaban J connectivity index is 2.97. The Morgan fingerprint density at radius 2 is 2.04 bits per heavy atom. The average Bonchev–Trinajstić information content (AvgIpc) is 2.86. The minimum atomic E-state index is -3.86. The van der Waals surface area contributed by atoms with Gasteiger partial charge < -0.3 is 26.6 Å². The fourth-order valence-electron chi connectivity index (χ4n) is 3.11. The van der Waals surface area contributed by atoms with Crippen molar-refractivity contribution in [2.24, 2.45) is 17.4 Å². The van der Waals surface area contributed by atoms with Crippen LogP contribution in [-0.2, 0) is 15.0 Å². The molecule has 1 heterocycles. The lowest BCUT2D eigenvalue weighted by Crippen LogP contribution is -2.55. The Hall–Kier alpha value is -0.755. The molecular weight excluding hydrogens is 351 g/mol. The molecule has 7 N–H and O–H groups in total. The molecule has 0 unspecified atom stereocenters. The number of carboxylic acids is 1. The highest BCUT2D eigenvalue weighted by atomic mass is 32.2. The van der Waals surface area contributed by atoms with E-state index in [9.17, 15) is 18.3 Å². The van der Waals surface area contributed by atoms with Crippen molar-refractivity contribution in [1.29, 1.82) is 0 Å².